The molecule has 10 heteroatoms. The summed E-state index contributed by atoms with van der Waals surface area (Å²) < 4.78 is 16.1. The van der Waals surface area contributed by atoms with E-state index < -0.39 is 30.0 Å². The molecule has 186 valence electrons. The maximum atomic E-state index is 12.9. The van der Waals surface area contributed by atoms with Crippen molar-refractivity contribution in [1.29, 1.82) is 0 Å². The smallest absolute Gasteiger partial charge is 0.328 e. The zero-order chi connectivity index (χ0) is 25.7. The number of nitrogens with zero attached hydrogens (tertiary/aromatic N) is 1. The molecule has 1 amide bonds. The van der Waals surface area contributed by atoms with Gasteiger partial charge in [-0.25, -0.2) is 9.78 Å². The Kier molecular flexibility index (Phi) is 8.63. The van der Waals surface area contributed by atoms with Gasteiger partial charge in [0, 0.05) is 38.7 Å². The lowest BCUT2D eigenvalue weighted by atomic mass is 9.99. The summed E-state index contributed by atoms with van der Waals surface area (Å²) in [4.78, 5) is 45.9. The van der Waals surface area contributed by atoms with Gasteiger partial charge in [-0.15, -0.1) is 22.7 Å². The minimum Gasteiger partial charge on any atom is -0.493 e. The summed E-state index contributed by atoms with van der Waals surface area (Å²) in [7, 11) is 1.38. The third-order valence-electron chi connectivity index (χ3n) is 5.16. The quantitative estimate of drug-likeness (QED) is 0.413. The van der Waals surface area contributed by atoms with E-state index >= 15 is 0 Å². The number of hydrogen-bond donors (Lipinski definition) is 1. The van der Waals surface area contributed by atoms with Crippen LogP contribution in [0.25, 0.3) is 0 Å². The van der Waals surface area contributed by atoms with Crippen LogP contribution in [0.5, 0.6) is 11.5 Å². The molecular formula is C25H28N2O6S2. The molecule has 0 aromatic carbocycles. The Morgan fingerprint density at radius 2 is 1.57 bits per heavy atom. The highest BCUT2D eigenvalue weighted by atomic mass is 32.1. The number of nitrogens with one attached hydrogen (secondary N) is 1. The number of carbonyl (C=O) groups excluding carboxylic acids is 3. The van der Waals surface area contributed by atoms with E-state index in [0.29, 0.717) is 0 Å². The topological polar surface area (TPSA) is 104 Å². The van der Waals surface area contributed by atoms with Gasteiger partial charge in [-0.1, -0.05) is 0 Å². The third kappa shape index (κ3) is 6.46. The Balaban J connectivity index is 1.75. The first-order valence-corrected chi connectivity index (χ1v) is 12.6. The van der Waals surface area contributed by atoms with Gasteiger partial charge in [0.25, 0.3) is 5.91 Å². The SMILES string of the molecule is COc1ccnc(C(=O)N[C@@H](C)C(=O)O[C@@H](C)C(c2ccc(C)s2)c2ccc(C)s2)c1OC(C)=O. The molecule has 0 saturated carbocycles. The second-order valence-corrected chi connectivity index (χ2v) is 10.6. The summed E-state index contributed by atoms with van der Waals surface area (Å²) in [6.45, 7) is 8.66. The monoisotopic (exact) mass is 516 g/mol. The van der Waals surface area contributed by atoms with Gasteiger partial charge in [-0.2, -0.15) is 0 Å². The van der Waals surface area contributed by atoms with Crippen LogP contribution >= 0.6 is 22.7 Å². The Labute approximate surface area is 212 Å². The summed E-state index contributed by atoms with van der Waals surface area (Å²) >= 11 is 3.33. The van der Waals surface area contributed by atoms with Gasteiger partial charge in [0.05, 0.1) is 13.0 Å². The van der Waals surface area contributed by atoms with Crippen molar-refractivity contribution in [3.05, 3.63) is 61.7 Å². The summed E-state index contributed by atoms with van der Waals surface area (Å²) in [6, 6.07) is 8.70. The van der Waals surface area contributed by atoms with Crippen molar-refractivity contribution in [3.63, 3.8) is 0 Å². The average Bonchev–Trinajstić information content (AvgIpc) is 3.41. The maximum absolute atomic E-state index is 12.9. The summed E-state index contributed by atoms with van der Waals surface area (Å²) in [6.07, 6.45) is 0.882. The van der Waals surface area contributed by atoms with Gasteiger partial charge in [0.2, 0.25) is 5.75 Å². The van der Waals surface area contributed by atoms with Gasteiger partial charge in [0.1, 0.15) is 12.1 Å². The molecule has 0 aliphatic rings. The third-order valence-corrected chi connectivity index (χ3v) is 7.32. The molecule has 3 heterocycles. The first-order valence-electron chi connectivity index (χ1n) is 11.0. The van der Waals surface area contributed by atoms with Crippen LogP contribution in [0.2, 0.25) is 0 Å². The van der Waals surface area contributed by atoms with Crippen molar-refractivity contribution >= 4 is 40.5 Å². The Morgan fingerprint density at radius 3 is 2.06 bits per heavy atom. The molecule has 0 aliphatic heterocycles. The van der Waals surface area contributed by atoms with E-state index in [0.717, 1.165) is 9.75 Å². The number of methoxy groups -OCH3 is 1. The van der Waals surface area contributed by atoms with Crippen molar-refractivity contribution < 1.29 is 28.6 Å². The van der Waals surface area contributed by atoms with Gasteiger partial charge < -0.3 is 19.5 Å². The van der Waals surface area contributed by atoms with Gasteiger partial charge in [-0.05, 0) is 52.0 Å². The first-order chi connectivity index (χ1) is 16.6. The molecule has 1 N–H and O–H groups in total. The van der Waals surface area contributed by atoms with E-state index in [4.69, 9.17) is 14.2 Å². The summed E-state index contributed by atoms with van der Waals surface area (Å²) in [5.74, 6) is -1.98. The zero-order valence-electron chi connectivity index (χ0n) is 20.4. The molecule has 0 aliphatic carbocycles. The largest absolute Gasteiger partial charge is 0.493 e. The Morgan fingerprint density at radius 1 is 0.971 bits per heavy atom. The van der Waals surface area contributed by atoms with Crippen LogP contribution in [0.4, 0.5) is 0 Å². The standard InChI is InChI=1S/C25H28N2O6S2/c1-13-7-9-19(34-13)21(20-10-8-14(2)35-20)16(4)32-25(30)15(3)27-24(29)22-23(33-17(5)28)18(31-6)11-12-26-22/h7-12,15-16,21H,1-6H3,(H,27,29)/t15-,16-/m0/s1. The normalized spacial score (nSPS) is 12.7. The van der Waals surface area contributed by atoms with E-state index in [2.05, 4.69) is 22.4 Å². The van der Waals surface area contributed by atoms with E-state index in [1.165, 1.54) is 43.0 Å². The number of esters is 2. The molecule has 35 heavy (non-hydrogen) atoms. The highest BCUT2D eigenvalue weighted by molar-refractivity contribution is 7.13. The van der Waals surface area contributed by atoms with Crippen LogP contribution in [0.1, 0.15) is 56.7 Å². The van der Waals surface area contributed by atoms with E-state index in [1.807, 2.05) is 32.9 Å². The van der Waals surface area contributed by atoms with Crippen molar-refractivity contribution in [2.75, 3.05) is 7.11 Å². The lowest BCUT2D eigenvalue weighted by molar-refractivity contribution is -0.150. The highest BCUT2D eigenvalue weighted by Gasteiger charge is 2.30. The molecule has 0 spiro atoms. The molecular weight excluding hydrogens is 488 g/mol. The van der Waals surface area contributed by atoms with Crippen LogP contribution in [-0.4, -0.2) is 42.1 Å². The fourth-order valence-electron chi connectivity index (χ4n) is 3.52. The van der Waals surface area contributed by atoms with E-state index in [1.54, 1.807) is 22.7 Å². The Hall–Kier alpha value is -3.24. The Bertz CT molecular complexity index is 1180. The van der Waals surface area contributed by atoms with Crippen molar-refractivity contribution in [2.45, 2.75) is 52.7 Å². The van der Waals surface area contributed by atoms with Crippen LogP contribution in [0, 0.1) is 13.8 Å². The van der Waals surface area contributed by atoms with E-state index in [-0.39, 0.29) is 23.1 Å². The minimum absolute atomic E-state index is 0.116. The van der Waals surface area contributed by atoms with Crippen LogP contribution in [0.3, 0.4) is 0 Å². The van der Waals surface area contributed by atoms with Crippen molar-refractivity contribution in [3.8, 4) is 11.5 Å². The second kappa shape index (κ2) is 11.5. The number of aryl methyl sites for hydroxylation is 2. The van der Waals surface area contributed by atoms with Crippen molar-refractivity contribution in [1.82, 2.24) is 10.3 Å². The van der Waals surface area contributed by atoms with Gasteiger partial charge in [0.15, 0.2) is 11.4 Å². The van der Waals surface area contributed by atoms with E-state index in [9.17, 15) is 14.4 Å². The fourth-order valence-corrected chi connectivity index (χ4v) is 5.77. The molecule has 0 bridgehead atoms. The maximum Gasteiger partial charge on any atom is 0.328 e. The molecule has 3 aromatic heterocycles. The molecule has 3 aromatic rings. The molecule has 0 radical (unpaired) electrons. The molecule has 0 unspecified atom stereocenters. The predicted molar refractivity (Wildman–Crippen MR) is 135 cm³/mol. The second-order valence-electron chi connectivity index (χ2n) is 8.00. The van der Waals surface area contributed by atoms with Gasteiger partial charge in [-0.3, -0.25) is 9.59 Å². The number of thiophene rings is 2. The first kappa shape index (κ1) is 26.4. The summed E-state index contributed by atoms with van der Waals surface area (Å²) in [5.41, 5.74) is -0.173. The lowest BCUT2D eigenvalue weighted by Crippen LogP contribution is -2.41. The minimum atomic E-state index is -0.973. The van der Waals surface area contributed by atoms with Crippen LogP contribution in [0.15, 0.2) is 36.5 Å². The number of amides is 1. The zero-order valence-corrected chi connectivity index (χ0v) is 22.0. The number of hydrogen-bond acceptors (Lipinski definition) is 9. The fraction of sp³-hybridized carbons (Fsp3) is 0.360. The van der Waals surface area contributed by atoms with Gasteiger partial charge >= 0.3 is 11.9 Å². The number of aromatic nitrogens is 1. The molecule has 2 atom stereocenters. The predicted octanol–water partition coefficient (Wildman–Crippen LogP) is 4.64. The molecule has 3 rings (SSSR count). The molecule has 0 saturated heterocycles. The molecule has 0 fully saturated rings. The number of carbonyl (C=O) groups is 3. The van der Waals surface area contributed by atoms with Crippen LogP contribution in [-0.2, 0) is 14.3 Å². The lowest BCUT2D eigenvalue weighted by Gasteiger charge is -2.24. The van der Waals surface area contributed by atoms with Crippen molar-refractivity contribution in [2.24, 2.45) is 0 Å². The average molecular weight is 517 g/mol. The van der Waals surface area contributed by atoms with Crippen LogP contribution < -0.4 is 14.8 Å². The highest BCUT2D eigenvalue weighted by Crippen LogP contribution is 2.38. The number of ether oxygens (including phenoxy) is 3. The number of pyridine rings is 1. The molecule has 8 nitrogen and oxygen atoms in total. The summed E-state index contributed by atoms with van der Waals surface area (Å²) in [5, 5.41) is 2.58. The number of rotatable bonds is 9.